The van der Waals surface area contributed by atoms with Crippen LogP contribution in [-0.4, -0.2) is 47.8 Å². The molecule has 0 amide bonds. The molecule has 240 valence electrons. The molecule has 5 nitrogen and oxygen atoms in total. The summed E-state index contributed by atoms with van der Waals surface area (Å²) in [4.78, 5) is 4.87. The average molecular weight is 606 g/mol. The number of aryl methyl sites for hydroxylation is 2. The first kappa shape index (κ1) is 32.6. The first-order valence-electron chi connectivity index (χ1n) is 17.3. The minimum absolute atomic E-state index is 0.126. The van der Waals surface area contributed by atoms with Crippen molar-refractivity contribution in [3.05, 3.63) is 58.8 Å². The van der Waals surface area contributed by atoms with Gasteiger partial charge in [-0.15, -0.1) is 5.10 Å². The highest BCUT2D eigenvalue weighted by molar-refractivity contribution is 5.96. The molecule has 0 bridgehead atoms. The fourth-order valence-corrected chi connectivity index (χ4v) is 7.18. The number of hydrogen-bond acceptors (Lipinski definition) is 5. The Kier molecular flexibility index (Phi) is 11.1. The van der Waals surface area contributed by atoms with E-state index in [9.17, 15) is 0 Å². The van der Waals surface area contributed by atoms with Gasteiger partial charge in [0.1, 0.15) is 0 Å². The van der Waals surface area contributed by atoms with E-state index >= 15 is 8.78 Å². The standard InChI is InChI=1S/C37H53F2N5/c1-5-6-7-8-9-11-19-43-22-17-31(18-23-43)37(38,39)32-16-14-15-30(25-32)28(3)40-36-34-26-35(44-20-12-10-13-21-44)27(2)24-33(34)29(4)41-42-36/h14-16,24-26,28,31H,5-13,17-23H2,1-4H3,(H,40,42). The smallest absolute Gasteiger partial charge is 0.276 e. The number of aromatic nitrogens is 2. The maximum atomic E-state index is 15.9. The van der Waals surface area contributed by atoms with Crippen molar-refractivity contribution in [2.75, 3.05) is 42.9 Å². The van der Waals surface area contributed by atoms with Crippen molar-refractivity contribution in [2.24, 2.45) is 5.92 Å². The molecule has 0 radical (unpaired) electrons. The molecule has 2 fully saturated rings. The molecule has 1 atom stereocenters. The molecule has 5 rings (SSSR count). The van der Waals surface area contributed by atoms with E-state index in [1.807, 2.05) is 19.9 Å². The van der Waals surface area contributed by atoms with Gasteiger partial charge in [-0.25, -0.2) is 8.78 Å². The molecule has 0 spiro atoms. The minimum Gasteiger partial charge on any atom is -0.371 e. The van der Waals surface area contributed by atoms with E-state index in [0.29, 0.717) is 18.7 Å². The van der Waals surface area contributed by atoms with Gasteiger partial charge in [-0.05, 0) is 108 Å². The predicted molar refractivity (Wildman–Crippen MR) is 180 cm³/mol. The lowest BCUT2D eigenvalue weighted by Crippen LogP contribution is -2.40. The SMILES string of the molecule is CCCCCCCCN1CCC(C(F)(F)c2cccc(C(C)Nc3nnc(C)c4cc(C)c(N5CCCCC5)cc34)c2)CC1. The van der Waals surface area contributed by atoms with Crippen molar-refractivity contribution in [1.29, 1.82) is 0 Å². The molecule has 1 aromatic heterocycles. The van der Waals surface area contributed by atoms with Crippen molar-refractivity contribution >= 4 is 22.3 Å². The zero-order valence-corrected chi connectivity index (χ0v) is 27.5. The Morgan fingerprint density at radius 3 is 2.36 bits per heavy atom. The van der Waals surface area contributed by atoms with Gasteiger partial charge in [0.2, 0.25) is 0 Å². The highest BCUT2D eigenvalue weighted by Gasteiger charge is 2.42. The third-order valence-corrected chi connectivity index (χ3v) is 10.0. The molecule has 2 aliphatic heterocycles. The van der Waals surface area contributed by atoms with Gasteiger partial charge in [-0.2, -0.15) is 5.10 Å². The van der Waals surface area contributed by atoms with Gasteiger partial charge in [0.05, 0.1) is 11.7 Å². The normalized spacial score (nSPS) is 17.7. The number of piperidine rings is 2. The lowest BCUT2D eigenvalue weighted by atomic mass is 9.85. The van der Waals surface area contributed by atoms with Crippen LogP contribution < -0.4 is 10.2 Å². The molecule has 2 aromatic carbocycles. The molecule has 3 heterocycles. The van der Waals surface area contributed by atoms with Gasteiger partial charge in [0, 0.05) is 41.0 Å². The van der Waals surface area contributed by atoms with Gasteiger partial charge in [0.25, 0.3) is 5.92 Å². The van der Waals surface area contributed by atoms with E-state index in [1.54, 1.807) is 18.2 Å². The van der Waals surface area contributed by atoms with Crippen LogP contribution in [0, 0.1) is 19.8 Å². The molecule has 1 N–H and O–H groups in total. The summed E-state index contributed by atoms with van der Waals surface area (Å²) >= 11 is 0. The summed E-state index contributed by atoms with van der Waals surface area (Å²) in [6.07, 6.45) is 12.4. The number of anilines is 2. The second-order valence-corrected chi connectivity index (χ2v) is 13.4. The maximum Gasteiger partial charge on any atom is 0.276 e. The molecule has 2 aliphatic rings. The van der Waals surface area contributed by atoms with E-state index in [2.05, 4.69) is 51.3 Å². The lowest BCUT2D eigenvalue weighted by molar-refractivity contribution is -0.0855. The summed E-state index contributed by atoms with van der Waals surface area (Å²) in [5.41, 5.74) is 4.35. The Hall–Kier alpha value is -2.80. The first-order valence-corrected chi connectivity index (χ1v) is 17.3. The third kappa shape index (κ3) is 7.70. The second-order valence-electron chi connectivity index (χ2n) is 13.4. The van der Waals surface area contributed by atoms with Gasteiger partial charge in [-0.1, -0.05) is 57.2 Å². The fourth-order valence-electron chi connectivity index (χ4n) is 7.18. The molecule has 2 saturated heterocycles. The highest BCUT2D eigenvalue weighted by atomic mass is 19.3. The Morgan fingerprint density at radius 2 is 1.61 bits per heavy atom. The van der Waals surface area contributed by atoms with E-state index < -0.39 is 11.8 Å². The highest BCUT2D eigenvalue weighted by Crippen LogP contribution is 2.42. The number of rotatable bonds is 13. The molecular formula is C37H53F2N5. The summed E-state index contributed by atoms with van der Waals surface area (Å²) in [6, 6.07) is 11.3. The summed E-state index contributed by atoms with van der Waals surface area (Å²) in [6.45, 7) is 13.1. The van der Waals surface area contributed by atoms with E-state index in [4.69, 9.17) is 0 Å². The van der Waals surface area contributed by atoms with Crippen molar-refractivity contribution in [2.45, 2.75) is 110 Å². The van der Waals surface area contributed by atoms with Crippen LogP contribution in [-0.2, 0) is 5.92 Å². The van der Waals surface area contributed by atoms with E-state index in [0.717, 1.165) is 54.8 Å². The van der Waals surface area contributed by atoms with E-state index in [-0.39, 0.29) is 11.6 Å². The predicted octanol–water partition coefficient (Wildman–Crippen LogP) is 9.57. The number of likely N-dealkylation sites (tertiary alicyclic amines) is 1. The van der Waals surface area contributed by atoms with Crippen molar-refractivity contribution in [1.82, 2.24) is 15.1 Å². The number of fused-ring (bicyclic) bond motifs is 1. The topological polar surface area (TPSA) is 44.3 Å². The molecule has 44 heavy (non-hydrogen) atoms. The van der Waals surface area contributed by atoms with Crippen LogP contribution in [0.5, 0.6) is 0 Å². The first-order chi connectivity index (χ1) is 21.3. The van der Waals surface area contributed by atoms with Gasteiger partial charge in [-0.3, -0.25) is 0 Å². The second kappa shape index (κ2) is 15.0. The van der Waals surface area contributed by atoms with Gasteiger partial charge in [0.15, 0.2) is 5.82 Å². The van der Waals surface area contributed by atoms with E-state index in [1.165, 1.54) is 69.0 Å². The number of unbranched alkanes of at least 4 members (excludes halogenated alkanes) is 5. The number of halogens is 2. The van der Waals surface area contributed by atoms with Crippen LogP contribution in [0.25, 0.3) is 10.8 Å². The Labute approximate surface area is 263 Å². The summed E-state index contributed by atoms with van der Waals surface area (Å²) in [7, 11) is 0. The van der Waals surface area contributed by atoms with Crippen LogP contribution in [0.3, 0.4) is 0 Å². The summed E-state index contributed by atoms with van der Waals surface area (Å²) < 4.78 is 31.8. The monoisotopic (exact) mass is 605 g/mol. The Morgan fingerprint density at radius 1 is 0.886 bits per heavy atom. The lowest BCUT2D eigenvalue weighted by Gasteiger charge is -2.36. The summed E-state index contributed by atoms with van der Waals surface area (Å²) in [5, 5.41) is 14.6. The van der Waals surface area contributed by atoms with Crippen molar-refractivity contribution in [3.8, 4) is 0 Å². The van der Waals surface area contributed by atoms with Crippen LogP contribution in [0.4, 0.5) is 20.3 Å². The molecule has 0 saturated carbocycles. The number of alkyl halides is 2. The maximum absolute atomic E-state index is 15.9. The van der Waals surface area contributed by atoms with Crippen LogP contribution in [0.2, 0.25) is 0 Å². The number of nitrogens with zero attached hydrogens (tertiary/aromatic N) is 4. The zero-order chi connectivity index (χ0) is 31.1. The van der Waals surface area contributed by atoms with Gasteiger partial charge >= 0.3 is 0 Å². The minimum atomic E-state index is -2.85. The Bertz CT molecular complexity index is 1360. The zero-order valence-electron chi connectivity index (χ0n) is 27.5. The Balaban J connectivity index is 1.25. The molecule has 1 unspecified atom stereocenters. The molecular weight excluding hydrogens is 552 g/mol. The van der Waals surface area contributed by atoms with Gasteiger partial charge < -0.3 is 15.1 Å². The number of nitrogens with one attached hydrogen (secondary N) is 1. The third-order valence-electron chi connectivity index (χ3n) is 10.0. The largest absolute Gasteiger partial charge is 0.371 e. The molecule has 7 heteroatoms. The fraction of sp³-hybridized carbons (Fsp3) is 0.622. The van der Waals surface area contributed by atoms with Crippen LogP contribution in [0.1, 0.15) is 113 Å². The molecule has 0 aliphatic carbocycles. The van der Waals surface area contributed by atoms with Crippen LogP contribution >= 0.6 is 0 Å². The number of hydrogen-bond donors (Lipinski definition) is 1. The quantitative estimate of drug-likeness (QED) is 0.197. The summed E-state index contributed by atoms with van der Waals surface area (Å²) in [5.74, 6) is -2.77. The average Bonchev–Trinajstić information content (AvgIpc) is 3.04. The number of benzene rings is 2. The van der Waals surface area contributed by atoms with Crippen molar-refractivity contribution < 1.29 is 8.78 Å². The van der Waals surface area contributed by atoms with Crippen molar-refractivity contribution in [3.63, 3.8) is 0 Å². The van der Waals surface area contributed by atoms with Crippen LogP contribution in [0.15, 0.2) is 36.4 Å². The molecule has 3 aromatic rings.